The highest BCUT2D eigenvalue weighted by atomic mass is 32.2. The van der Waals surface area contributed by atoms with Crippen molar-refractivity contribution in [3.05, 3.63) is 47.2 Å². The number of hydrogen-bond donors (Lipinski definition) is 1. The van der Waals surface area contributed by atoms with E-state index in [1.54, 1.807) is 24.8 Å². The maximum absolute atomic E-state index is 12.4. The molecule has 0 aliphatic carbocycles. The van der Waals surface area contributed by atoms with Crippen LogP contribution in [-0.2, 0) is 15.3 Å². The fourth-order valence-corrected chi connectivity index (χ4v) is 3.96. The summed E-state index contributed by atoms with van der Waals surface area (Å²) in [7, 11) is 0. The van der Waals surface area contributed by atoms with E-state index in [-0.39, 0.29) is 17.7 Å². The van der Waals surface area contributed by atoms with Gasteiger partial charge in [-0.2, -0.15) is 0 Å². The Balaban J connectivity index is 1.38. The van der Waals surface area contributed by atoms with Gasteiger partial charge in [-0.3, -0.25) is 9.59 Å². The number of piperidine rings is 1. The van der Waals surface area contributed by atoms with Crippen LogP contribution >= 0.6 is 11.8 Å². The lowest BCUT2D eigenvalue weighted by Gasteiger charge is -2.31. The summed E-state index contributed by atoms with van der Waals surface area (Å²) < 4.78 is 4.96. The molecule has 0 atom stereocenters. The third-order valence-electron chi connectivity index (χ3n) is 4.71. The molecule has 6 nitrogen and oxygen atoms in total. The molecule has 0 spiro atoms. The molecule has 1 N–H and O–H groups in total. The van der Waals surface area contributed by atoms with Crippen molar-refractivity contribution in [1.29, 1.82) is 0 Å². The smallest absolute Gasteiger partial charge is 0.232 e. The first kappa shape index (κ1) is 19.5. The molecule has 1 aliphatic rings. The summed E-state index contributed by atoms with van der Waals surface area (Å²) >= 11 is 1.64. The minimum atomic E-state index is -0.0914. The average molecular weight is 388 g/mol. The molecule has 7 heteroatoms. The number of carbonyl (C=O) groups excluding carboxylic acids is 2. The molecule has 1 aliphatic heterocycles. The highest BCUT2D eigenvalue weighted by Crippen LogP contribution is 2.21. The number of aromatic nitrogens is 1. The third-order valence-corrected chi connectivity index (χ3v) is 5.70. The Hall–Kier alpha value is -2.28. The van der Waals surface area contributed by atoms with Crippen LogP contribution in [-0.4, -0.2) is 40.7 Å². The molecule has 1 aromatic carbocycles. The highest BCUT2D eigenvalue weighted by molar-refractivity contribution is 7.99. The van der Waals surface area contributed by atoms with Crippen molar-refractivity contribution < 1.29 is 14.1 Å². The highest BCUT2D eigenvalue weighted by Gasteiger charge is 2.27. The Labute approximate surface area is 163 Å². The van der Waals surface area contributed by atoms with Crippen molar-refractivity contribution in [2.45, 2.75) is 32.4 Å². The molecule has 1 saturated heterocycles. The van der Waals surface area contributed by atoms with Gasteiger partial charge in [0.25, 0.3) is 0 Å². The monoisotopic (exact) mass is 387 g/mol. The van der Waals surface area contributed by atoms with E-state index in [0.29, 0.717) is 43.3 Å². The lowest BCUT2D eigenvalue weighted by molar-refractivity contribution is -0.132. The van der Waals surface area contributed by atoms with Gasteiger partial charge in [0.1, 0.15) is 5.76 Å². The van der Waals surface area contributed by atoms with Crippen molar-refractivity contribution in [2.24, 2.45) is 5.92 Å². The number of anilines is 1. The quantitative estimate of drug-likeness (QED) is 0.822. The number of hydrogen-bond acceptors (Lipinski definition) is 5. The zero-order chi connectivity index (χ0) is 19.2. The lowest BCUT2D eigenvalue weighted by Crippen LogP contribution is -2.42. The number of benzene rings is 1. The van der Waals surface area contributed by atoms with Gasteiger partial charge < -0.3 is 14.7 Å². The van der Waals surface area contributed by atoms with Crippen molar-refractivity contribution in [3.8, 4) is 0 Å². The predicted molar refractivity (Wildman–Crippen MR) is 107 cm³/mol. The minimum absolute atomic E-state index is 0.0517. The largest absolute Gasteiger partial charge is 0.360 e. The first-order valence-electron chi connectivity index (χ1n) is 9.16. The maximum atomic E-state index is 12.4. The number of nitrogens with zero attached hydrogens (tertiary/aromatic N) is 2. The van der Waals surface area contributed by atoms with Gasteiger partial charge >= 0.3 is 0 Å². The van der Waals surface area contributed by atoms with Crippen LogP contribution in [0.25, 0.3) is 0 Å². The normalized spacial score (nSPS) is 15.0. The van der Waals surface area contributed by atoms with Crippen LogP contribution in [0.1, 0.15) is 29.7 Å². The fraction of sp³-hybridized carbons (Fsp3) is 0.450. The van der Waals surface area contributed by atoms with Gasteiger partial charge in [0, 0.05) is 30.8 Å². The van der Waals surface area contributed by atoms with Gasteiger partial charge in [-0.1, -0.05) is 35.0 Å². The SMILES string of the molecule is Cc1ccc(CSCC(=O)N2CCC(C(=O)Nc3cc(C)on3)CC2)cc1. The van der Waals surface area contributed by atoms with Crippen LogP contribution < -0.4 is 5.32 Å². The van der Waals surface area contributed by atoms with Gasteiger partial charge in [-0.05, 0) is 32.3 Å². The Kier molecular flexibility index (Phi) is 6.55. The van der Waals surface area contributed by atoms with E-state index in [1.165, 1.54) is 11.1 Å². The first-order chi connectivity index (χ1) is 13.0. The van der Waals surface area contributed by atoms with E-state index < -0.39 is 0 Å². The van der Waals surface area contributed by atoms with Crippen LogP contribution in [0.2, 0.25) is 0 Å². The molecule has 1 fully saturated rings. The summed E-state index contributed by atoms with van der Waals surface area (Å²) in [5.41, 5.74) is 2.47. The summed E-state index contributed by atoms with van der Waals surface area (Å²) in [6.45, 7) is 5.10. The third kappa shape index (κ3) is 5.60. The summed E-state index contributed by atoms with van der Waals surface area (Å²) in [4.78, 5) is 26.6. The second-order valence-corrected chi connectivity index (χ2v) is 7.93. The number of aryl methyl sites for hydroxylation is 2. The van der Waals surface area contributed by atoms with Crippen LogP contribution in [0.5, 0.6) is 0 Å². The standard InChI is InChI=1S/C20H25N3O3S/c1-14-3-5-16(6-4-14)12-27-13-19(24)23-9-7-17(8-10-23)20(25)21-18-11-15(2)26-22-18/h3-6,11,17H,7-10,12-13H2,1-2H3,(H,21,22,25). The lowest BCUT2D eigenvalue weighted by atomic mass is 9.96. The van der Waals surface area contributed by atoms with Crippen LogP contribution in [0.3, 0.4) is 0 Å². The van der Waals surface area contributed by atoms with Crippen molar-refractivity contribution >= 4 is 29.4 Å². The molecular formula is C20H25N3O3S. The zero-order valence-corrected chi connectivity index (χ0v) is 16.6. The Bertz CT molecular complexity index is 780. The topological polar surface area (TPSA) is 75.4 Å². The number of rotatable bonds is 6. The van der Waals surface area contributed by atoms with Gasteiger partial charge in [0.15, 0.2) is 5.82 Å². The second-order valence-electron chi connectivity index (χ2n) is 6.95. The molecule has 0 unspecified atom stereocenters. The van der Waals surface area contributed by atoms with Crippen molar-refractivity contribution in [2.75, 3.05) is 24.2 Å². The van der Waals surface area contributed by atoms with Gasteiger partial charge in [0.2, 0.25) is 11.8 Å². The van der Waals surface area contributed by atoms with E-state index in [4.69, 9.17) is 4.52 Å². The zero-order valence-electron chi connectivity index (χ0n) is 15.7. The fourth-order valence-electron chi connectivity index (χ4n) is 3.08. The van der Waals surface area contributed by atoms with Crippen LogP contribution in [0, 0.1) is 19.8 Å². The number of thioether (sulfide) groups is 1. The molecule has 2 aromatic rings. The Morgan fingerprint density at radius 1 is 1.22 bits per heavy atom. The molecule has 27 heavy (non-hydrogen) atoms. The van der Waals surface area contributed by atoms with E-state index in [0.717, 1.165) is 5.75 Å². The van der Waals surface area contributed by atoms with E-state index in [1.807, 2.05) is 4.90 Å². The molecule has 0 saturated carbocycles. The summed E-state index contributed by atoms with van der Waals surface area (Å²) in [6.07, 6.45) is 1.36. The maximum Gasteiger partial charge on any atom is 0.232 e. The van der Waals surface area contributed by atoms with Gasteiger partial charge in [-0.25, -0.2) is 0 Å². The molecule has 2 amide bonds. The van der Waals surface area contributed by atoms with Gasteiger partial charge in [0.05, 0.1) is 5.75 Å². The number of likely N-dealkylation sites (tertiary alicyclic amines) is 1. The Morgan fingerprint density at radius 2 is 1.93 bits per heavy atom. The van der Waals surface area contributed by atoms with E-state index >= 15 is 0 Å². The predicted octanol–water partition coefficient (Wildman–Crippen LogP) is 3.40. The van der Waals surface area contributed by atoms with E-state index in [9.17, 15) is 9.59 Å². The Morgan fingerprint density at radius 3 is 2.56 bits per heavy atom. The average Bonchev–Trinajstić information content (AvgIpc) is 3.08. The second kappa shape index (κ2) is 9.08. The first-order valence-corrected chi connectivity index (χ1v) is 10.3. The minimum Gasteiger partial charge on any atom is -0.360 e. The van der Waals surface area contributed by atoms with Crippen molar-refractivity contribution in [1.82, 2.24) is 10.1 Å². The number of carbonyl (C=O) groups is 2. The summed E-state index contributed by atoms with van der Waals surface area (Å²) in [5.74, 6) is 2.43. The molecule has 0 bridgehead atoms. The van der Waals surface area contributed by atoms with Crippen LogP contribution in [0.4, 0.5) is 5.82 Å². The van der Waals surface area contributed by atoms with Crippen LogP contribution in [0.15, 0.2) is 34.9 Å². The summed E-state index contributed by atoms with van der Waals surface area (Å²) in [6, 6.07) is 10.1. The summed E-state index contributed by atoms with van der Waals surface area (Å²) in [5, 5.41) is 6.56. The van der Waals surface area contributed by atoms with E-state index in [2.05, 4.69) is 41.7 Å². The molecule has 144 valence electrons. The van der Waals surface area contributed by atoms with Gasteiger partial charge in [-0.15, -0.1) is 11.8 Å². The molecule has 2 heterocycles. The molecule has 3 rings (SSSR count). The van der Waals surface area contributed by atoms with Crippen molar-refractivity contribution in [3.63, 3.8) is 0 Å². The number of nitrogens with one attached hydrogen (secondary N) is 1. The molecule has 0 radical (unpaired) electrons. The molecular weight excluding hydrogens is 362 g/mol. The molecule has 1 aromatic heterocycles. The number of amides is 2.